The Bertz CT molecular complexity index is 1010. The first-order chi connectivity index (χ1) is 13.4. The summed E-state index contributed by atoms with van der Waals surface area (Å²) in [4.78, 5) is 6.57. The summed E-state index contributed by atoms with van der Waals surface area (Å²) in [6.07, 6.45) is 3.65. The molecule has 1 aromatic heterocycles. The fourth-order valence-corrected chi connectivity index (χ4v) is 2.80. The molecule has 0 saturated heterocycles. The van der Waals surface area contributed by atoms with Crippen molar-refractivity contribution in [2.45, 2.75) is 20.8 Å². The van der Waals surface area contributed by atoms with Crippen LogP contribution in [0.5, 0.6) is 11.6 Å². The molecule has 1 heterocycles. The van der Waals surface area contributed by atoms with Crippen molar-refractivity contribution in [3.8, 4) is 17.3 Å². The average molecular weight is 417 g/mol. The Hall–Kier alpha value is -2.50. The lowest BCUT2D eigenvalue weighted by atomic mass is 10.1. The molecule has 0 bridgehead atoms. The van der Waals surface area contributed by atoms with E-state index in [0.717, 1.165) is 34.8 Å². The van der Waals surface area contributed by atoms with E-state index in [1.54, 1.807) is 22.9 Å². The Morgan fingerprint density at radius 1 is 1.11 bits per heavy atom. The zero-order valence-electron chi connectivity index (χ0n) is 16.3. The first kappa shape index (κ1) is 20.2. The highest BCUT2D eigenvalue weighted by molar-refractivity contribution is 6.42. The van der Waals surface area contributed by atoms with Gasteiger partial charge in [-0.05, 0) is 62.2 Å². The van der Waals surface area contributed by atoms with Gasteiger partial charge in [-0.1, -0.05) is 23.2 Å². The highest BCUT2D eigenvalue weighted by Gasteiger charge is 2.09. The Morgan fingerprint density at radius 2 is 1.89 bits per heavy atom. The maximum absolute atomic E-state index is 6.09. The molecule has 28 heavy (non-hydrogen) atoms. The molecule has 0 amide bonds. The first-order valence-corrected chi connectivity index (χ1v) is 9.67. The minimum Gasteiger partial charge on any atom is -0.437 e. The summed E-state index contributed by atoms with van der Waals surface area (Å²) in [5, 5.41) is 5.45. The number of halogens is 2. The Labute approximate surface area is 175 Å². The topological polar surface area (TPSA) is 42.6 Å². The molecule has 7 heteroatoms. The van der Waals surface area contributed by atoms with Crippen molar-refractivity contribution < 1.29 is 4.74 Å². The summed E-state index contributed by atoms with van der Waals surface area (Å²) in [6.45, 7) is 6.99. The van der Waals surface area contributed by atoms with Crippen LogP contribution in [-0.2, 0) is 0 Å². The quantitative estimate of drug-likeness (QED) is 0.354. The van der Waals surface area contributed by atoms with Crippen molar-refractivity contribution in [1.82, 2.24) is 14.7 Å². The molecular formula is C21H22Cl2N4O. The van der Waals surface area contributed by atoms with E-state index in [1.165, 1.54) is 0 Å². The van der Waals surface area contributed by atoms with Crippen LogP contribution < -0.4 is 4.74 Å². The normalized spacial score (nSPS) is 11.2. The summed E-state index contributed by atoms with van der Waals surface area (Å²) in [7, 11) is 1.99. The van der Waals surface area contributed by atoms with Gasteiger partial charge in [0, 0.05) is 25.9 Å². The summed E-state index contributed by atoms with van der Waals surface area (Å²) in [5.74, 6) is 1.25. The van der Waals surface area contributed by atoms with Crippen molar-refractivity contribution in [3.05, 3.63) is 63.8 Å². The van der Waals surface area contributed by atoms with E-state index in [4.69, 9.17) is 27.9 Å². The number of aliphatic imine (C=N–C) groups is 1. The monoisotopic (exact) mass is 416 g/mol. The number of nitrogens with zero attached hydrogens (tertiary/aromatic N) is 4. The number of rotatable bonds is 6. The number of hydrogen-bond acceptors (Lipinski definition) is 3. The minimum atomic E-state index is 0.480. The molecule has 0 N–H and O–H groups in total. The minimum absolute atomic E-state index is 0.480. The second-order valence-corrected chi connectivity index (χ2v) is 7.34. The smallest absolute Gasteiger partial charge is 0.238 e. The maximum atomic E-state index is 6.09. The molecule has 0 spiro atoms. The van der Waals surface area contributed by atoms with Crippen LogP contribution in [0.1, 0.15) is 18.1 Å². The standard InChI is InChI=1S/C21H22Cl2N4O/c1-5-26(4)13-24-19-10-15(3)20(11-14(19)2)28-21-8-9-27(25-21)16-6-7-17(22)18(23)12-16/h6-13H,5H2,1-4H3/b24-13+. The summed E-state index contributed by atoms with van der Waals surface area (Å²) < 4.78 is 7.69. The Balaban J connectivity index is 1.80. The van der Waals surface area contributed by atoms with Gasteiger partial charge < -0.3 is 9.64 Å². The molecule has 3 aromatic rings. The zero-order valence-corrected chi connectivity index (χ0v) is 17.8. The highest BCUT2D eigenvalue weighted by atomic mass is 35.5. The zero-order chi connectivity index (χ0) is 20.3. The molecule has 146 valence electrons. The van der Waals surface area contributed by atoms with E-state index >= 15 is 0 Å². The van der Waals surface area contributed by atoms with Crippen LogP contribution in [0.15, 0.2) is 47.6 Å². The molecule has 0 aliphatic heterocycles. The molecule has 0 fully saturated rings. The van der Waals surface area contributed by atoms with Crippen molar-refractivity contribution >= 4 is 35.2 Å². The average Bonchev–Trinajstić information content (AvgIpc) is 3.13. The van der Waals surface area contributed by atoms with Gasteiger partial charge in [-0.25, -0.2) is 9.67 Å². The predicted molar refractivity (Wildman–Crippen MR) is 116 cm³/mol. The van der Waals surface area contributed by atoms with E-state index in [-0.39, 0.29) is 0 Å². The second-order valence-electron chi connectivity index (χ2n) is 6.52. The van der Waals surface area contributed by atoms with Crippen molar-refractivity contribution in [2.75, 3.05) is 13.6 Å². The molecule has 0 saturated carbocycles. The van der Waals surface area contributed by atoms with E-state index in [2.05, 4.69) is 17.0 Å². The van der Waals surface area contributed by atoms with Crippen LogP contribution >= 0.6 is 23.2 Å². The highest BCUT2D eigenvalue weighted by Crippen LogP contribution is 2.31. The summed E-state index contributed by atoms with van der Waals surface area (Å²) in [5.41, 5.74) is 3.75. The van der Waals surface area contributed by atoms with Gasteiger partial charge in [-0.2, -0.15) is 0 Å². The van der Waals surface area contributed by atoms with Crippen molar-refractivity contribution in [3.63, 3.8) is 0 Å². The van der Waals surface area contributed by atoms with Gasteiger partial charge in [-0.15, -0.1) is 5.10 Å². The van der Waals surface area contributed by atoms with E-state index < -0.39 is 0 Å². The number of aryl methyl sites for hydroxylation is 2. The molecular weight excluding hydrogens is 395 g/mol. The summed E-state index contributed by atoms with van der Waals surface area (Å²) in [6, 6.07) is 11.1. The van der Waals surface area contributed by atoms with Gasteiger partial charge >= 0.3 is 0 Å². The SMILES string of the molecule is CCN(C)/C=N/c1cc(C)c(Oc2ccn(-c3ccc(Cl)c(Cl)c3)n2)cc1C. The van der Waals surface area contributed by atoms with E-state index in [1.807, 2.05) is 56.5 Å². The largest absolute Gasteiger partial charge is 0.437 e. The first-order valence-electron chi connectivity index (χ1n) is 8.92. The third-order valence-electron chi connectivity index (χ3n) is 4.33. The molecule has 3 rings (SSSR count). The second kappa shape index (κ2) is 8.67. The van der Waals surface area contributed by atoms with Crippen molar-refractivity contribution in [1.29, 1.82) is 0 Å². The fraction of sp³-hybridized carbons (Fsp3) is 0.238. The molecule has 0 atom stereocenters. The van der Waals surface area contributed by atoms with Gasteiger partial charge in [0.1, 0.15) is 5.75 Å². The Kier molecular flexibility index (Phi) is 6.27. The van der Waals surface area contributed by atoms with Crippen LogP contribution in [0.3, 0.4) is 0 Å². The molecule has 2 aromatic carbocycles. The van der Waals surface area contributed by atoms with Gasteiger partial charge in [0.25, 0.3) is 0 Å². The molecule has 0 aliphatic carbocycles. The molecule has 0 aliphatic rings. The lowest BCUT2D eigenvalue weighted by Crippen LogP contribution is -2.14. The van der Waals surface area contributed by atoms with E-state index in [0.29, 0.717) is 15.9 Å². The molecule has 5 nitrogen and oxygen atoms in total. The third kappa shape index (κ3) is 4.66. The van der Waals surface area contributed by atoms with E-state index in [9.17, 15) is 0 Å². The lowest BCUT2D eigenvalue weighted by molar-refractivity contribution is 0.454. The van der Waals surface area contributed by atoms with Crippen LogP contribution in [0.4, 0.5) is 5.69 Å². The predicted octanol–water partition coefficient (Wildman–Crippen LogP) is 6.20. The number of aromatic nitrogens is 2. The van der Waals surface area contributed by atoms with Gasteiger partial charge in [0.2, 0.25) is 5.88 Å². The van der Waals surface area contributed by atoms with Gasteiger partial charge in [0.05, 0.1) is 27.8 Å². The van der Waals surface area contributed by atoms with Crippen LogP contribution in [0.2, 0.25) is 10.0 Å². The van der Waals surface area contributed by atoms with Crippen LogP contribution in [0, 0.1) is 13.8 Å². The number of hydrogen-bond donors (Lipinski definition) is 0. The maximum Gasteiger partial charge on any atom is 0.238 e. The van der Waals surface area contributed by atoms with Gasteiger partial charge in [-0.3, -0.25) is 0 Å². The number of benzene rings is 2. The number of ether oxygens (including phenoxy) is 1. The summed E-state index contributed by atoms with van der Waals surface area (Å²) >= 11 is 12.1. The molecule has 0 unspecified atom stereocenters. The van der Waals surface area contributed by atoms with Gasteiger partial charge in [0.15, 0.2) is 0 Å². The Morgan fingerprint density at radius 3 is 2.61 bits per heavy atom. The van der Waals surface area contributed by atoms with Crippen LogP contribution in [-0.4, -0.2) is 34.6 Å². The fourth-order valence-electron chi connectivity index (χ4n) is 2.51. The molecule has 0 radical (unpaired) electrons. The van der Waals surface area contributed by atoms with Crippen LogP contribution in [0.25, 0.3) is 5.69 Å². The lowest BCUT2D eigenvalue weighted by Gasteiger charge is -2.11. The van der Waals surface area contributed by atoms with Crippen molar-refractivity contribution in [2.24, 2.45) is 4.99 Å². The third-order valence-corrected chi connectivity index (χ3v) is 5.07.